The maximum Gasteiger partial charge on any atom is 0.524 e. The molecule has 0 aliphatic carbocycles. The molecule has 0 fully saturated rings. The van der Waals surface area contributed by atoms with Crippen LogP contribution in [0.5, 0.6) is 5.75 Å². The summed E-state index contributed by atoms with van der Waals surface area (Å²) in [5.74, 6) is 0.204. The van der Waals surface area contributed by atoms with Crippen LogP contribution in [0.2, 0.25) is 0 Å². The zero-order valence-corrected chi connectivity index (χ0v) is 13.9. The zero-order valence-electron chi connectivity index (χ0n) is 13.0. The summed E-state index contributed by atoms with van der Waals surface area (Å²) in [6, 6.07) is 21.6. The zero-order chi connectivity index (χ0) is 17.2. The molecule has 5 aromatic carbocycles. The summed E-state index contributed by atoms with van der Waals surface area (Å²) in [6.45, 7) is 0. The van der Waals surface area contributed by atoms with Gasteiger partial charge in [0, 0.05) is 10.8 Å². The smallest absolute Gasteiger partial charge is 0.404 e. The van der Waals surface area contributed by atoms with E-state index >= 15 is 0 Å². The molecule has 0 aliphatic rings. The van der Waals surface area contributed by atoms with Gasteiger partial charge in [0.25, 0.3) is 0 Å². The molecule has 0 aromatic heterocycles. The summed E-state index contributed by atoms with van der Waals surface area (Å²) >= 11 is 0. The fraction of sp³-hybridized carbons (Fsp3) is 0. The standard InChI is InChI=1S/C20H13O4P/c21-25(22,23)24-17-11-10-13-6-2-8-15-14-7-1-4-12-5-3-9-16(18(12)14)20(17)19(13)15/h1-11H,(H2,21,22,23). The van der Waals surface area contributed by atoms with Crippen LogP contribution in [-0.4, -0.2) is 9.79 Å². The summed E-state index contributed by atoms with van der Waals surface area (Å²) in [4.78, 5) is 18.7. The first kappa shape index (κ1) is 14.7. The van der Waals surface area contributed by atoms with Crippen molar-refractivity contribution in [1.29, 1.82) is 0 Å². The first-order valence-electron chi connectivity index (χ1n) is 7.86. The number of phosphoric acid groups is 1. The maximum absolute atomic E-state index is 11.5. The van der Waals surface area contributed by atoms with Crippen molar-refractivity contribution in [3.05, 3.63) is 66.7 Å². The van der Waals surface area contributed by atoms with E-state index in [9.17, 15) is 14.4 Å². The Kier molecular flexibility index (Phi) is 2.89. The molecule has 5 heteroatoms. The number of hydrogen-bond donors (Lipinski definition) is 2. The van der Waals surface area contributed by atoms with Crippen molar-refractivity contribution in [3.8, 4) is 5.75 Å². The van der Waals surface area contributed by atoms with Gasteiger partial charge in [-0.15, -0.1) is 0 Å². The van der Waals surface area contributed by atoms with Gasteiger partial charge in [0.05, 0.1) is 0 Å². The van der Waals surface area contributed by atoms with E-state index < -0.39 is 7.82 Å². The predicted octanol–water partition coefficient (Wildman–Crippen LogP) is 5.21. The minimum absolute atomic E-state index is 0.204. The van der Waals surface area contributed by atoms with Crippen LogP contribution in [0.4, 0.5) is 0 Å². The highest BCUT2D eigenvalue weighted by Crippen LogP contribution is 2.47. The third-order valence-electron chi connectivity index (χ3n) is 4.69. The highest BCUT2D eigenvalue weighted by Gasteiger charge is 2.21. The highest BCUT2D eigenvalue weighted by molar-refractivity contribution is 7.46. The van der Waals surface area contributed by atoms with Crippen LogP contribution >= 0.6 is 7.82 Å². The van der Waals surface area contributed by atoms with Crippen LogP contribution in [0.25, 0.3) is 43.1 Å². The monoisotopic (exact) mass is 348 g/mol. The fourth-order valence-corrected chi connectivity index (χ4v) is 4.24. The van der Waals surface area contributed by atoms with E-state index in [2.05, 4.69) is 6.07 Å². The number of fused-ring (bicyclic) bond motifs is 2. The Morgan fingerprint density at radius 1 is 0.640 bits per heavy atom. The van der Waals surface area contributed by atoms with Crippen molar-refractivity contribution in [1.82, 2.24) is 0 Å². The Balaban J connectivity index is 2.12. The van der Waals surface area contributed by atoms with Crippen LogP contribution in [0.1, 0.15) is 0 Å². The molecule has 0 amide bonds. The molecule has 4 nitrogen and oxygen atoms in total. The number of hydrogen-bond acceptors (Lipinski definition) is 2. The Labute approximate surface area is 142 Å². The predicted molar refractivity (Wildman–Crippen MR) is 100 cm³/mol. The van der Waals surface area contributed by atoms with Gasteiger partial charge in [0.2, 0.25) is 0 Å². The topological polar surface area (TPSA) is 66.8 Å². The van der Waals surface area contributed by atoms with E-state index in [-0.39, 0.29) is 5.75 Å². The van der Waals surface area contributed by atoms with Crippen molar-refractivity contribution in [2.75, 3.05) is 0 Å². The largest absolute Gasteiger partial charge is 0.524 e. The van der Waals surface area contributed by atoms with Gasteiger partial charge < -0.3 is 4.52 Å². The van der Waals surface area contributed by atoms with Crippen molar-refractivity contribution < 1.29 is 18.9 Å². The highest BCUT2D eigenvalue weighted by atomic mass is 31.2. The Bertz CT molecular complexity index is 1310. The van der Waals surface area contributed by atoms with Gasteiger partial charge in [-0.3, -0.25) is 9.79 Å². The molecule has 0 saturated carbocycles. The molecule has 25 heavy (non-hydrogen) atoms. The van der Waals surface area contributed by atoms with E-state index in [1.165, 1.54) is 0 Å². The van der Waals surface area contributed by atoms with Crippen molar-refractivity contribution >= 4 is 50.9 Å². The summed E-state index contributed by atoms with van der Waals surface area (Å²) < 4.78 is 16.5. The number of rotatable bonds is 2. The molecule has 0 unspecified atom stereocenters. The van der Waals surface area contributed by atoms with Gasteiger partial charge in [-0.05, 0) is 38.4 Å². The van der Waals surface area contributed by atoms with Gasteiger partial charge in [0.15, 0.2) is 0 Å². The quantitative estimate of drug-likeness (QED) is 0.261. The molecule has 0 atom stereocenters. The van der Waals surface area contributed by atoms with Crippen LogP contribution in [0.15, 0.2) is 66.7 Å². The summed E-state index contributed by atoms with van der Waals surface area (Å²) in [6.07, 6.45) is 0. The van der Waals surface area contributed by atoms with Crippen molar-refractivity contribution in [2.24, 2.45) is 0 Å². The first-order chi connectivity index (χ1) is 12.0. The average molecular weight is 348 g/mol. The van der Waals surface area contributed by atoms with Crippen LogP contribution in [0, 0.1) is 0 Å². The maximum atomic E-state index is 11.5. The van der Waals surface area contributed by atoms with Crippen LogP contribution in [-0.2, 0) is 4.57 Å². The molecule has 5 aromatic rings. The minimum Gasteiger partial charge on any atom is -0.404 e. The van der Waals surface area contributed by atoms with E-state index in [0.717, 1.165) is 43.1 Å². The molecule has 0 heterocycles. The molecule has 0 aliphatic heterocycles. The third-order valence-corrected chi connectivity index (χ3v) is 5.12. The van der Waals surface area contributed by atoms with Gasteiger partial charge >= 0.3 is 7.82 Å². The fourth-order valence-electron chi connectivity index (χ4n) is 3.83. The van der Waals surface area contributed by atoms with Gasteiger partial charge in [-0.2, -0.15) is 0 Å². The second-order valence-electron chi connectivity index (χ2n) is 6.13. The summed E-state index contributed by atoms with van der Waals surface area (Å²) in [7, 11) is -4.66. The minimum atomic E-state index is -4.66. The van der Waals surface area contributed by atoms with Crippen molar-refractivity contribution in [2.45, 2.75) is 0 Å². The van der Waals surface area contributed by atoms with Gasteiger partial charge in [-0.25, -0.2) is 4.57 Å². The Morgan fingerprint density at radius 3 is 1.84 bits per heavy atom. The van der Waals surface area contributed by atoms with E-state index in [0.29, 0.717) is 0 Å². The van der Waals surface area contributed by atoms with Crippen molar-refractivity contribution in [3.63, 3.8) is 0 Å². The van der Waals surface area contributed by atoms with E-state index in [1.54, 1.807) is 6.07 Å². The second-order valence-corrected chi connectivity index (χ2v) is 7.30. The molecule has 122 valence electrons. The molecular formula is C20H13O4P. The lowest BCUT2D eigenvalue weighted by atomic mass is 9.89. The van der Waals surface area contributed by atoms with Gasteiger partial charge in [0.1, 0.15) is 5.75 Å². The van der Waals surface area contributed by atoms with E-state index in [1.807, 2.05) is 54.6 Å². The first-order valence-corrected chi connectivity index (χ1v) is 9.39. The Morgan fingerprint density at radius 2 is 1.20 bits per heavy atom. The molecule has 0 radical (unpaired) electrons. The Hall–Kier alpha value is -2.65. The lowest BCUT2D eigenvalue weighted by molar-refractivity contribution is 0.284. The number of benzene rings is 5. The molecule has 0 spiro atoms. The number of phosphoric ester groups is 1. The molecular weight excluding hydrogens is 335 g/mol. The molecule has 2 N–H and O–H groups in total. The van der Waals surface area contributed by atoms with E-state index in [4.69, 9.17) is 4.52 Å². The lowest BCUT2D eigenvalue weighted by Gasteiger charge is -2.17. The summed E-state index contributed by atoms with van der Waals surface area (Å²) in [5.41, 5.74) is 0. The third kappa shape index (κ3) is 2.12. The molecule has 0 saturated heterocycles. The second kappa shape index (κ2) is 4.93. The molecule has 5 rings (SSSR count). The normalized spacial score (nSPS) is 12.6. The van der Waals surface area contributed by atoms with Gasteiger partial charge in [-0.1, -0.05) is 60.7 Å². The molecule has 0 bridgehead atoms. The average Bonchev–Trinajstić information content (AvgIpc) is 2.59. The summed E-state index contributed by atoms with van der Waals surface area (Å²) in [5, 5.41) is 7.97. The van der Waals surface area contributed by atoms with Crippen LogP contribution in [0.3, 0.4) is 0 Å². The lowest BCUT2D eigenvalue weighted by Crippen LogP contribution is -1.93. The SMILES string of the molecule is O=P(O)(O)Oc1ccc2cccc3c4cccc5cccc(c1c23)c54. The van der Waals surface area contributed by atoms with Crippen LogP contribution < -0.4 is 4.52 Å².